The monoisotopic (exact) mass is 427 g/mol. The first-order valence-corrected chi connectivity index (χ1v) is 9.63. The van der Waals surface area contributed by atoms with E-state index in [4.69, 9.17) is 0 Å². The first kappa shape index (κ1) is 20.6. The predicted molar refractivity (Wildman–Crippen MR) is 117 cm³/mol. The van der Waals surface area contributed by atoms with Gasteiger partial charge in [0.25, 0.3) is 11.6 Å². The molecule has 0 aliphatic heterocycles. The molecule has 4 rings (SSSR count). The Morgan fingerprint density at radius 1 is 0.938 bits per heavy atom. The van der Waals surface area contributed by atoms with Crippen molar-refractivity contribution >= 4 is 23.1 Å². The minimum absolute atomic E-state index is 0.0440. The Bertz CT molecular complexity index is 1280. The molecule has 0 spiro atoms. The van der Waals surface area contributed by atoms with Crippen molar-refractivity contribution in [2.75, 3.05) is 5.32 Å². The van der Waals surface area contributed by atoms with Crippen LogP contribution < -0.4 is 5.32 Å². The molecule has 1 aromatic heterocycles. The molecule has 0 saturated carbocycles. The first-order chi connectivity index (χ1) is 15.5. The Labute approximate surface area is 182 Å². The molecule has 0 unspecified atom stereocenters. The predicted octanol–water partition coefficient (Wildman–Crippen LogP) is 3.99. The quantitative estimate of drug-likeness (QED) is 0.270. The van der Waals surface area contributed by atoms with E-state index in [9.17, 15) is 19.7 Å². The molecule has 0 aliphatic rings. The van der Waals surface area contributed by atoms with E-state index in [1.165, 1.54) is 23.1 Å². The lowest BCUT2D eigenvalue weighted by atomic mass is 10.1. The van der Waals surface area contributed by atoms with Crippen LogP contribution in [0.4, 0.5) is 11.4 Å². The van der Waals surface area contributed by atoms with Crippen molar-refractivity contribution < 1.29 is 14.5 Å². The van der Waals surface area contributed by atoms with Crippen LogP contribution in [0.15, 0.2) is 85.2 Å². The van der Waals surface area contributed by atoms with Gasteiger partial charge >= 0.3 is 0 Å². The van der Waals surface area contributed by atoms with E-state index < -0.39 is 4.92 Å². The fourth-order valence-electron chi connectivity index (χ4n) is 3.03. The molecule has 0 bridgehead atoms. The molecule has 1 amide bonds. The lowest BCUT2D eigenvalue weighted by Crippen LogP contribution is -2.13. The van der Waals surface area contributed by atoms with Gasteiger partial charge in [-0.15, -0.1) is 0 Å². The first-order valence-electron chi connectivity index (χ1n) is 9.63. The molecule has 3 aromatic carbocycles. The van der Waals surface area contributed by atoms with Gasteiger partial charge in [-0.1, -0.05) is 30.3 Å². The fraction of sp³-hybridized carbons (Fsp3) is 0.0435. The highest BCUT2D eigenvalue weighted by Gasteiger charge is 2.13. The molecule has 1 heterocycles. The second kappa shape index (κ2) is 9.00. The zero-order chi connectivity index (χ0) is 22.5. The topological polar surface area (TPSA) is 120 Å². The van der Waals surface area contributed by atoms with Crippen LogP contribution in [0, 0.1) is 10.1 Å². The van der Waals surface area contributed by atoms with Gasteiger partial charge in [0.15, 0.2) is 11.6 Å². The number of carbonyl (C=O) groups is 2. The lowest BCUT2D eigenvalue weighted by molar-refractivity contribution is -0.384. The highest BCUT2D eigenvalue weighted by Crippen LogP contribution is 2.20. The Balaban J connectivity index is 1.41. The molecule has 9 heteroatoms. The highest BCUT2D eigenvalue weighted by molar-refractivity contribution is 6.04. The molecule has 158 valence electrons. The summed E-state index contributed by atoms with van der Waals surface area (Å²) in [5, 5.41) is 18.0. The number of benzene rings is 3. The van der Waals surface area contributed by atoms with Crippen molar-refractivity contribution in [2.24, 2.45) is 0 Å². The summed E-state index contributed by atoms with van der Waals surface area (Å²) < 4.78 is 1.38. The average molecular weight is 427 g/mol. The van der Waals surface area contributed by atoms with Crippen molar-refractivity contribution in [1.29, 1.82) is 0 Å². The summed E-state index contributed by atoms with van der Waals surface area (Å²) >= 11 is 0. The summed E-state index contributed by atoms with van der Waals surface area (Å²) in [5.41, 5.74) is 2.00. The highest BCUT2D eigenvalue weighted by atomic mass is 16.6. The average Bonchev–Trinajstić information content (AvgIpc) is 3.28. The molecule has 0 fully saturated rings. The maximum atomic E-state index is 12.6. The third kappa shape index (κ3) is 4.73. The zero-order valence-corrected chi connectivity index (χ0v) is 16.7. The van der Waals surface area contributed by atoms with E-state index in [1.807, 2.05) is 6.07 Å². The van der Waals surface area contributed by atoms with Crippen LogP contribution in [0.25, 0.3) is 11.4 Å². The summed E-state index contributed by atoms with van der Waals surface area (Å²) in [6, 6.07) is 21.4. The number of carbonyl (C=O) groups excluding carboxylic acids is 2. The van der Waals surface area contributed by atoms with E-state index >= 15 is 0 Å². The Morgan fingerprint density at radius 3 is 2.41 bits per heavy atom. The van der Waals surface area contributed by atoms with Gasteiger partial charge in [0.1, 0.15) is 12.9 Å². The zero-order valence-electron chi connectivity index (χ0n) is 16.7. The number of hydrogen-bond donors (Lipinski definition) is 1. The number of nitro groups is 1. The molecule has 32 heavy (non-hydrogen) atoms. The number of nitrogens with one attached hydrogen (secondary N) is 1. The van der Waals surface area contributed by atoms with Crippen LogP contribution in [0.3, 0.4) is 0 Å². The van der Waals surface area contributed by atoms with Crippen LogP contribution in [0.5, 0.6) is 0 Å². The van der Waals surface area contributed by atoms with E-state index in [2.05, 4.69) is 15.4 Å². The number of nitro benzene ring substituents is 1. The summed E-state index contributed by atoms with van der Waals surface area (Å²) in [4.78, 5) is 39.4. The normalized spacial score (nSPS) is 10.5. The number of nitrogens with zero attached hydrogens (tertiary/aromatic N) is 4. The van der Waals surface area contributed by atoms with Crippen molar-refractivity contribution in [3.8, 4) is 11.4 Å². The fourth-order valence-corrected chi connectivity index (χ4v) is 3.03. The number of rotatable bonds is 7. The Kier molecular flexibility index (Phi) is 5.80. The molecule has 0 saturated heterocycles. The van der Waals surface area contributed by atoms with Crippen molar-refractivity contribution in [2.45, 2.75) is 6.54 Å². The van der Waals surface area contributed by atoms with Gasteiger partial charge in [0, 0.05) is 34.5 Å². The Hall–Kier alpha value is -4.66. The molecule has 4 aromatic rings. The van der Waals surface area contributed by atoms with Crippen LogP contribution in [-0.4, -0.2) is 31.4 Å². The summed E-state index contributed by atoms with van der Waals surface area (Å²) in [5.74, 6) is -0.136. The molecule has 0 aliphatic carbocycles. The number of Topliss-reactive ketones (excluding diaryl/α,β-unsaturated/α-hetero) is 1. The maximum Gasteiger partial charge on any atom is 0.270 e. The second-order valence-corrected chi connectivity index (χ2v) is 6.89. The SMILES string of the molecule is O=C(Cn1cnc(-c2cccc([N+](=O)[O-])c2)n1)c1ccc(NC(=O)c2ccccc2)cc1. The van der Waals surface area contributed by atoms with Crippen LogP contribution in [0.2, 0.25) is 0 Å². The number of non-ortho nitro benzene ring substituents is 1. The number of ketones is 1. The van der Waals surface area contributed by atoms with Gasteiger partial charge in [-0.3, -0.25) is 19.7 Å². The standard InChI is InChI=1S/C23H17N5O4/c29-21(14-27-15-24-22(26-27)18-7-4-8-20(13-18)28(31)32)16-9-11-19(12-10-16)25-23(30)17-5-2-1-3-6-17/h1-13,15H,14H2,(H,25,30). The van der Waals surface area contributed by atoms with Crippen LogP contribution in [-0.2, 0) is 6.54 Å². The van der Waals surface area contributed by atoms with Gasteiger partial charge in [0.05, 0.1) is 4.92 Å². The molecular weight excluding hydrogens is 410 g/mol. The van der Waals surface area contributed by atoms with Crippen molar-refractivity contribution in [1.82, 2.24) is 14.8 Å². The smallest absolute Gasteiger partial charge is 0.270 e. The van der Waals surface area contributed by atoms with Gasteiger partial charge in [-0.2, -0.15) is 5.10 Å². The third-order valence-corrected chi connectivity index (χ3v) is 4.66. The number of aromatic nitrogens is 3. The molecular formula is C23H17N5O4. The van der Waals surface area contributed by atoms with Crippen LogP contribution >= 0.6 is 0 Å². The second-order valence-electron chi connectivity index (χ2n) is 6.89. The molecule has 0 atom stereocenters. The van der Waals surface area contributed by atoms with E-state index in [1.54, 1.807) is 60.7 Å². The third-order valence-electron chi connectivity index (χ3n) is 4.66. The van der Waals surface area contributed by atoms with E-state index in [0.717, 1.165) is 0 Å². The minimum atomic E-state index is -0.490. The summed E-state index contributed by atoms with van der Waals surface area (Å²) in [6.45, 7) is -0.0440. The van der Waals surface area contributed by atoms with Gasteiger partial charge in [-0.05, 0) is 36.4 Å². The number of anilines is 1. The maximum absolute atomic E-state index is 12.6. The number of amides is 1. The van der Waals surface area contributed by atoms with Crippen LogP contribution in [0.1, 0.15) is 20.7 Å². The summed E-state index contributed by atoms with van der Waals surface area (Å²) in [6.07, 6.45) is 1.40. The number of hydrogen-bond acceptors (Lipinski definition) is 6. The van der Waals surface area contributed by atoms with Gasteiger partial charge in [0.2, 0.25) is 0 Å². The van der Waals surface area contributed by atoms with Crippen molar-refractivity contribution in [3.63, 3.8) is 0 Å². The molecule has 1 N–H and O–H groups in total. The summed E-state index contributed by atoms with van der Waals surface area (Å²) in [7, 11) is 0. The van der Waals surface area contributed by atoms with Gasteiger partial charge in [-0.25, -0.2) is 9.67 Å². The van der Waals surface area contributed by atoms with Crippen molar-refractivity contribution in [3.05, 3.63) is 106 Å². The minimum Gasteiger partial charge on any atom is -0.322 e. The molecule has 0 radical (unpaired) electrons. The van der Waals surface area contributed by atoms with E-state index in [-0.39, 0.29) is 23.9 Å². The largest absolute Gasteiger partial charge is 0.322 e. The molecule has 9 nitrogen and oxygen atoms in total. The van der Waals surface area contributed by atoms with Gasteiger partial charge < -0.3 is 5.32 Å². The van der Waals surface area contributed by atoms with E-state index in [0.29, 0.717) is 28.2 Å². The lowest BCUT2D eigenvalue weighted by Gasteiger charge is -2.06. The Morgan fingerprint density at radius 2 is 1.69 bits per heavy atom.